The molecule has 0 fully saturated rings. The predicted molar refractivity (Wildman–Crippen MR) is 152 cm³/mol. The number of nitrogens with zero attached hydrogens (tertiary/aromatic N) is 3. The number of rotatable bonds is 5. The van der Waals surface area contributed by atoms with Gasteiger partial charge in [-0.3, -0.25) is 19.7 Å². The van der Waals surface area contributed by atoms with E-state index in [2.05, 4.69) is 10.3 Å². The molecule has 2 aromatic carbocycles. The van der Waals surface area contributed by atoms with Crippen LogP contribution < -0.4 is 10.1 Å². The van der Waals surface area contributed by atoms with E-state index in [4.69, 9.17) is 19.0 Å². The number of amides is 4. The number of hydrogen-bond acceptors (Lipinski definition) is 8. The summed E-state index contributed by atoms with van der Waals surface area (Å²) in [6.07, 6.45) is -0.956. The van der Waals surface area contributed by atoms with Crippen molar-refractivity contribution in [1.82, 2.24) is 15.3 Å². The Morgan fingerprint density at radius 2 is 1.52 bits per heavy atom. The van der Waals surface area contributed by atoms with E-state index < -0.39 is 35.2 Å². The lowest BCUT2D eigenvalue weighted by molar-refractivity contribution is -0.0976. The quantitative estimate of drug-likeness (QED) is 0.235. The molecule has 0 bridgehead atoms. The van der Waals surface area contributed by atoms with Gasteiger partial charge in [0.05, 0.1) is 11.1 Å². The van der Waals surface area contributed by atoms with E-state index in [9.17, 15) is 19.2 Å². The van der Waals surface area contributed by atoms with Crippen LogP contribution in [0.3, 0.4) is 0 Å². The molecule has 1 N–H and O–H groups in total. The van der Waals surface area contributed by atoms with Gasteiger partial charge in [0.25, 0.3) is 11.8 Å². The van der Waals surface area contributed by atoms with E-state index in [1.807, 2.05) is 18.2 Å². The third-order valence-electron chi connectivity index (χ3n) is 6.02. The zero-order chi connectivity index (χ0) is 30.7. The number of carbonyl (C=O) groups is 4. The van der Waals surface area contributed by atoms with Crippen molar-refractivity contribution in [3.05, 3.63) is 64.7 Å². The Balaban J connectivity index is 1.39. The van der Waals surface area contributed by atoms with Gasteiger partial charge in [0.15, 0.2) is 0 Å². The first-order valence-electron chi connectivity index (χ1n) is 13.6. The number of nitrogens with one attached hydrogen (secondary N) is 1. The van der Waals surface area contributed by atoms with E-state index in [0.29, 0.717) is 36.4 Å². The molecule has 0 saturated carbocycles. The summed E-state index contributed by atoms with van der Waals surface area (Å²) >= 11 is 0. The number of guanidine groups is 1. The Labute approximate surface area is 244 Å². The molecule has 0 unspecified atom stereocenters. The molecule has 42 heavy (non-hydrogen) atoms. The number of aliphatic imine (C=N–C) groups is 1. The van der Waals surface area contributed by atoms with Gasteiger partial charge in [0, 0.05) is 13.1 Å². The minimum atomic E-state index is -0.838. The van der Waals surface area contributed by atoms with Gasteiger partial charge in [-0.05, 0) is 83.4 Å². The third-order valence-corrected chi connectivity index (χ3v) is 6.02. The molecule has 2 aliphatic heterocycles. The van der Waals surface area contributed by atoms with Crippen molar-refractivity contribution in [3.8, 4) is 5.75 Å². The van der Waals surface area contributed by atoms with Crippen LogP contribution in [0.15, 0.2) is 47.5 Å². The molecule has 4 amide bonds. The van der Waals surface area contributed by atoms with Gasteiger partial charge in [0.1, 0.15) is 30.2 Å². The molecule has 0 aliphatic carbocycles. The number of ether oxygens (including phenoxy) is 3. The first-order valence-corrected chi connectivity index (χ1v) is 13.6. The lowest BCUT2D eigenvalue weighted by Crippen LogP contribution is -2.48. The summed E-state index contributed by atoms with van der Waals surface area (Å²) < 4.78 is 16.5. The second kappa shape index (κ2) is 12.2. The monoisotopic (exact) mass is 580 g/mol. The highest BCUT2D eigenvalue weighted by molar-refractivity contribution is 6.20. The highest BCUT2D eigenvalue weighted by atomic mass is 16.7. The van der Waals surface area contributed by atoms with Crippen LogP contribution in [0.1, 0.15) is 73.4 Å². The fourth-order valence-corrected chi connectivity index (χ4v) is 4.32. The number of hydroxylamine groups is 2. The molecule has 0 radical (unpaired) electrons. The molecule has 2 aromatic rings. The van der Waals surface area contributed by atoms with Gasteiger partial charge in [-0.1, -0.05) is 18.2 Å². The van der Waals surface area contributed by atoms with E-state index >= 15 is 0 Å². The van der Waals surface area contributed by atoms with Crippen molar-refractivity contribution < 1.29 is 38.2 Å². The number of fused-ring (bicyclic) bond motifs is 2. The number of alkyl carbamates (subject to hydrolysis) is 1. The minimum Gasteiger partial charge on any atom is -0.491 e. The molecular weight excluding hydrogens is 544 g/mol. The van der Waals surface area contributed by atoms with Crippen molar-refractivity contribution in [3.63, 3.8) is 0 Å². The van der Waals surface area contributed by atoms with Crippen LogP contribution >= 0.6 is 0 Å². The van der Waals surface area contributed by atoms with Crippen LogP contribution in [-0.2, 0) is 27.3 Å². The molecule has 0 spiro atoms. The fourth-order valence-electron chi connectivity index (χ4n) is 4.32. The van der Waals surface area contributed by atoms with E-state index in [0.717, 1.165) is 16.2 Å². The number of imide groups is 1. The smallest absolute Gasteiger partial charge is 0.437 e. The zero-order valence-corrected chi connectivity index (χ0v) is 24.7. The van der Waals surface area contributed by atoms with Gasteiger partial charge >= 0.3 is 12.2 Å². The van der Waals surface area contributed by atoms with Crippen LogP contribution in [0.4, 0.5) is 9.59 Å². The normalized spacial score (nSPS) is 15.2. The second-order valence-corrected chi connectivity index (χ2v) is 11.8. The summed E-state index contributed by atoms with van der Waals surface area (Å²) in [5, 5.41) is 3.35. The number of benzene rings is 2. The van der Waals surface area contributed by atoms with Crippen LogP contribution in [0.25, 0.3) is 0 Å². The molecule has 224 valence electrons. The second-order valence-electron chi connectivity index (χ2n) is 11.8. The van der Waals surface area contributed by atoms with Crippen molar-refractivity contribution in [2.24, 2.45) is 4.99 Å². The molecule has 0 atom stereocenters. The summed E-state index contributed by atoms with van der Waals surface area (Å²) in [7, 11) is 0. The van der Waals surface area contributed by atoms with E-state index in [1.54, 1.807) is 70.7 Å². The molecule has 0 aromatic heterocycles. The van der Waals surface area contributed by atoms with Gasteiger partial charge < -0.3 is 19.1 Å². The standard InChI is InChI=1S/C30H36N4O8/c1-29(2,3)41-27(37)31-26(32-28(38)42-30(4,5)6)33-14-13-19-11-12-21(17-20(19)18-33)39-15-16-40-34-24(35)22-9-7-8-10-23(22)25(34)36/h7-12,17H,13-16,18H2,1-6H3,(H,31,32,37,38). The van der Waals surface area contributed by atoms with Crippen molar-refractivity contribution in [2.75, 3.05) is 19.8 Å². The maximum absolute atomic E-state index is 12.6. The largest absolute Gasteiger partial charge is 0.491 e. The van der Waals surface area contributed by atoms with Crippen LogP contribution in [0.5, 0.6) is 5.75 Å². The predicted octanol–water partition coefficient (Wildman–Crippen LogP) is 4.47. The first-order chi connectivity index (χ1) is 19.7. The van der Waals surface area contributed by atoms with Crippen LogP contribution in [0, 0.1) is 0 Å². The average Bonchev–Trinajstić information content (AvgIpc) is 3.13. The fraction of sp³-hybridized carbons (Fsp3) is 0.433. The average molecular weight is 581 g/mol. The summed E-state index contributed by atoms with van der Waals surface area (Å²) in [6, 6.07) is 12.2. The molecule has 12 heteroatoms. The van der Waals surface area contributed by atoms with Crippen LogP contribution in [0.2, 0.25) is 0 Å². The number of hydrogen-bond donors (Lipinski definition) is 1. The number of carbonyl (C=O) groups excluding carboxylic acids is 4. The Hall–Kier alpha value is -4.45. The van der Waals surface area contributed by atoms with Crippen LogP contribution in [-0.4, -0.2) is 70.9 Å². The molecule has 2 heterocycles. The highest BCUT2D eigenvalue weighted by Gasteiger charge is 2.36. The lowest BCUT2D eigenvalue weighted by Gasteiger charge is -2.32. The maximum Gasteiger partial charge on any atom is 0.437 e. The van der Waals surface area contributed by atoms with Gasteiger partial charge in [0.2, 0.25) is 5.96 Å². The Morgan fingerprint density at radius 1 is 0.881 bits per heavy atom. The molecule has 12 nitrogen and oxygen atoms in total. The Morgan fingerprint density at radius 3 is 2.14 bits per heavy atom. The lowest BCUT2D eigenvalue weighted by atomic mass is 10.00. The highest BCUT2D eigenvalue weighted by Crippen LogP contribution is 2.25. The molecule has 0 saturated heterocycles. The van der Waals surface area contributed by atoms with Gasteiger partial charge in [-0.15, -0.1) is 10.1 Å². The van der Waals surface area contributed by atoms with E-state index in [-0.39, 0.29) is 19.2 Å². The topological polar surface area (TPSA) is 136 Å². The summed E-state index contributed by atoms with van der Waals surface area (Å²) in [6.45, 7) is 11.3. The van der Waals surface area contributed by atoms with Crippen molar-refractivity contribution in [1.29, 1.82) is 0 Å². The Bertz CT molecular complexity index is 1370. The summed E-state index contributed by atoms with van der Waals surface area (Å²) in [5.41, 5.74) is 1.08. The Kier molecular flexibility index (Phi) is 8.86. The molecule has 4 rings (SSSR count). The van der Waals surface area contributed by atoms with Crippen molar-refractivity contribution >= 4 is 30.0 Å². The molecule has 2 aliphatic rings. The van der Waals surface area contributed by atoms with Crippen molar-refractivity contribution in [2.45, 2.75) is 65.7 Å². The zero-order valence-electron chi connectivity index (χ0n) is 24.7. The summed E-state index contributed by atoms with van der Waals surface area (Å²) in [5.74, 6) is -0.446. The SMILES string of the molecule is CC(C)(C)OC(=O)N=C(NC(=O)OC(C)(C)C)N1CCc2ccc(OCCON3C(=O)c4ccccc4C3=O)cc2C1. The van der Waals surface area contributed by atoms with E-state index in [1.165, 1.54) is 0 Å². The van der Waals surface area contributed by atoms with Gasteiger partial charge in [-0.25, -0.2) is 9.59 Å². The molecular formula is C30H36N4O8. The minimum absolute atomic E-state index is 0.0183. The first kappa shape index (κ1) is 30.5. The van der Waals surface area contributed by atoms with Gasteiger partial charge in [-0.2, -0.15) is 0 Å². The third kappa shape index (κ3) is 7.84. The maximum atomic E-state index is 12.6. The summed E-state index contributed by atoms with van der Waals surface area (Å²) in [4.78, 5) is 61.2.